The fourth-order valence-electron chi connectivity index (χ4n) is 3.22. The Balaban J connectivity index is 0.00000684. The molecule has 2 atom stereocenters. The Morgan fingerprint density at radius 1 is 1.11 bits per heavy atom. The number of rotatable bonds is 10. The van der Waals surface area contributed by atoms with Gasteiger partial charge in [0.1, 0.15) is 18.6 Å². The fraction of sp³-hybridized carbons (Fsp3) is 0.611. The molecule has 0 bridgehead atoms. The Morgan fingerprint density at radius 3 is 2.30 bits per heavy atom. The van der Waals surface area contributed by atoms with Crippen LogP contribution in [0.25, 0.3) is 0 Å². The number of hydrogen-bond acceptors (Lipinski definition) is 11. The Kier molecular flexibility index (Phi) is 11.9. The van der Waals surface area contributed by atoms with Crippen LogP contribution in [0.2, 0.25) is 0 Å². The summed E-state index contributed by atoms with van der Waals surface area (Å²) >= 11 is 0. The predicted octanol–water partition coefficient (Wildman–Crippen LogP) is -7.38. The first-order chi connectivity index (χ1) is 16.8. The summed E-state index contributed by atoms with van der Waals surface area (Å²) in [6, 6.07) is -4.30. The molecule has 200 valence electrons. The first-order valence-corrected chi connectivity index (χ1v) is 12.1. The summed E-state index contributed by atoms with van der Waals surface area (Å²) in [6.07, 6.45) is -0.765. The minimum absolute atomic E-state index is 0. The van der Waals surface area contributed by atoms with E-state index < -0.39 is 83.4 Å². The van der Waals surface area contributed by atoms with Crippen LogP contribution in [0, 0.1) is 0 Å². The number of β-lactam (4-membered cyclic amide) rings is 1. The third kappa shape index (κ3) is 8.35. The summed E-state index contributed by atoms with van der Waals surface area (Å²) in [6.45, 7) is 2.12. The van der Waals surface area contributed by atoms with Crippen LogP contribution >= 0.6 is 0 Å². The molecule has 0 aromatic heterocycles. The van der Waals surface area contributed by atoms with Gasteiger partial charge >= 0.3 is 53.4 Å². The number of amides is 7. The second-order valence-electron chi connectivity index (χ2n) is 7.52. The Bertz CT molecular complexity index is 1070. The van der Waals surface area contributed by atoms with Gasteiger partial charge in [0, 0.05) is 19.6 Å². The number of esters is 1. The Hall–Kier alpha value is -2.80. The van der Waals surface area contributed by atoms with Gasteiger partial charge in [0.05, 0.1) is 19.6 Å². The number of imide groups is 1. The number of piperazine rings is 1. The molecule has 37 heavy (non-hydrogen) atoms. The van der Waals surface area contributed by atoms with Gasteiger partial charge in [-0.3, -0.25) is 33.7 Å². The maximum atomic E-state index is 12.7. The van der Waals surface area contributed by atoms with E-state index in [-0.39, 0.29) is 60.1 Å². The molecule has 0 radical (unpaired) electrons. The third-order valence-corrected chi connectivity index (χ3v) is 6.02. The van der Waals surface area contributed by atoms with Crippen LogP contribution in [-0.2, 0) is 43.8 Å². The van der Waals surface area contributed by atoms with Crippen molar-refractivity contribution < 1.29 is 80.8 Å². The molecule has 2 heterocycles. The van der Waals surface area contributed by atoms with Gasteiger partial charge in [0.2, 0.25) is 11.8 Å². The van der Waals surface area contributed by atoms with Crippen molar-refractivity contribution in [2.75, 3.05) is 39.3 Å². The van der Waals surface area contributed by atoms with E-state index >= 15 is 0 Å². The zero-order chi connectivity index (χ0) is 27.2. The first-order valence-electron chi connectivity index (χ1n) is 10.7. The number of ether oxygens (including phenoxy) is 1. The molecule has 2 rings (SSSR count). The molecular weight excluding hydrogens is 531 g/mol. The van der Waals surface area contributed by atoms with Gasteiger partial charge in [-0.25, -0.2) is 17.5 Å². The van der Waals surface area contributed by atoms with Gasteiger partial charge in [-0.05, 0) is 13.8 Å². The molecule has 2 aliphatic heterocycles. The average molecular weight is 556 g/mol. The van der Waals surface area contributed by atoms with Gasteiger partial charge in [0.15, 0.2) is 10.3 Å². The normalized spacial score (nSPS) is 18.3. The molecule has 0 aliphatic carbocycles. The predicted molar refractivity (Wildman–Crippen MR) is 114 cm³/mol. The van der Waals surface area contributed by atoms with E-state index in [1.165, 1.54) is 4.90 Å². The molecule has 0 saturated carbocycles. The van der Waals surface area contributed by atoms with E-state index in [0.717, 1.165) is 0 Å². The number of urea groups is 1. The van der Waals surface area contributed by atoms with Crippen molar-refractivity contribution in [1.29, 1.82) is 0 Å². The molecule has 2 saturated heterocycles. The smallest absolute Gasteiger partial charge is 0.731 e. The minimum Gasteiger partial charge on any atom is -0.731 e. The van der Waals surface area contributed by atoms with Gasteiger partial charge in [-0.15, -0.1) is 0 Å². The van der Waals surface area contributed by atoms with Crippen molar-refractivity contribution in [2.24, 2.45) is 0 Å². The molecule has 2 aliphatic rings. The van der Waals surface area contributed by atoms with Crippen molar-refractivity contribution in [2.45, 2.75) is 32.4 Å². The zero-order valence-electron chi connectivity index (χ0n) is 20.3. The fourth-order valence-corrected chi connectivity index (χ4v) is 3.90. The number of nitrogens with zero attached hydrogens (tertiary/aromatic N) is 3. The van der Waals surface area contributed by atoms with Crippen LogP contribution in [0.1, 0.15) is 20.3 Å². The molecule has 2 fully saturated rings. The van der Waals surface area contributed by atoms with Crippen molar-refractivity contribution in [3.8, 4) is 0 Å². The van der Waals surface area contributed by atoms with Gasteiger partial charge in [-0.2, -0.15) is 0 Å². The van der Waals surface area contributed by atoms with Crippen LogP contribution in [-0.4, -0.2) is 120 Å². The van der Waals surface area contributed by atoms with E-state index in [2.05, 4.69) is 20.7 Å². The summed E-state index contributed by atoms with van der Waals surface area (Å²) in [5.74, 6) is -6.10. The van der Waals surface area contributed by atoms with E-state index in [1.54, 1.807) is 13.8 Å². The van der Waals surface area contributed by atoms with Gasteiger partial charge in [0.25, 0.3) is 5.91 Å². The van der Waals surface area contributed by atoms with Crippen LogP contribution in [0.15, 0.2) is 0 Å². The second-order valence-corrected chi connectivity index (χ2v) is 8.81. The number of carbonyl (C=O) groups excluding carboxylic acids is 7. The zero-order valence-corrected chi connectivity index (χ0v) is 23.2. The molecule has 0 aromatic rings. The average Bonchev–Trinajstić information content (AvgIpc) is 2.80. The maximum absolute atomic E-state index is 12.7. The Labute approximate surface area is 233 Å². The molecular formula is C18H25N6NaO11S. The van der Waals surface area contributed by atoms with Crippen molar-refractivity contribution >= 4 is 51.8 Å². The number of likely N-dealkylation sites (N-methyl/N-ethyl adjacent to an activating group) is 1. The van der Waals surface area contributed by atoms with Crippen LogP contribution in [0.5, 0.6) is 0 Å². The van der Waals surface area contributed by atoms with Crippen molar-refractivity contribution in [3.63, 3.8) is 0 Å². The quantitative estimate of drug-likeness (QED) is 0.0752. The van der Waals surface area contributed by atoms with Gasteiger partial charge in [-0.1, -0.05) is 0 Å². The molecule has 2 unspecified atom stereocenters. The second kappa shape index (κ2) is 13.7. The summed E-state index contributed by atoms with van der Waals surface area (Å²) < 4.78 is 37.5. The molecule has 3 N–H and O–H groups in total. The molecule has 19 heteroatoms. The first kappa shape index (κ1) is 32.2. The largest absolute Gasteiger partial charge is 1.00 e. The van der Waals surface area contributed by atoms with E-state index in [0.29, 0.717) is 4.90 Å². The Morgan fingerprint density at radius 2 is 1.76 bits per heavy atom. The summed E-state index contributed by atoms with van der Waals surface area (Å²) in [7, 11) is -5.07. The standard InChI is InChI=1S/C18H26N6O11S.Na/c1-3-22-5-6-23(17(30)16(22)29)18(31)21-10(7-12(25)19-8-13(26)35-4-2)14(27)20-11-9-24(15(11)28)36(32,33)34;/h10-11H,3-9H2,1-2H3,(H,19,25)(H,20,27)(H,21,31)(H,32,33,34);/q;+1/p-1. The maximum Gasteiger partial charge on any atom is 1.00 e. The summed E-state index contributed by atoms with van der Waals surface area (Å²) in [4.78, 5) is 87.0. The van der Waals surface area contributed by atoms with Crippen LogP contribution < -0.4 is 45.5 Å². The molecule has 17 nitrogen and oxygen atoms in total. The van der Waals surface area contributed by atoms with Crippen LogP contribution in [0.4, 0.5) is 4.79 Å². The minimum atomic E-state index is -5.07. The molecule has 0 aromatic carbocycles. The number of hydrogen-bond donors (Lipinski definition) is 3. The topological polar surface area (TPSA) is 232 Å². The summed E-state index contributed by atoms with van der Waals surface area (Å²) in [5, 5.41) is 6.40. The number of nitrogens with one attached hydrogen (secondary N) is 3. The van der Waals surface area contributed by atoms with Crippen molar-refractivity contribution in [1.82, 2.24) is 30.1 Å². The summed E-state index contributed by atoms with van der Waals surface area (Å²) in [5.41, 5.74) is 0. The third-order valence-electron chi connectivity index (χ3n) is 5.15. The van der Waals surface area contributed by atoms with E-state index in [9.17, 15) is 46.5 Å². The van der Waals surface area contributed by atoms with Crippen LogP contribution in [0.3, 0.4) is 0 Å². The molecule has 0 spiro atoms. The monoisotopic (exact) mass is 556 g/mol. The van der Waals surface area contributed by atoms with Crippen molar-refractivity contribution in [3.05, 3.63) is 0 Å². The molecule has 7 amide bonds. The van der Waals surface area contributed by atoms with Gasteiger partial charge < -0.3 is 30.1 Å². The van der Waals surface area contributed by atoms with E-state index in [4.69, 9.17) is 0 Å². The number of carbonyl (C=O) groups is 7. The SMILES string of the molecule is CCOC(=O)CNC(=O)CC(NC(=O)N1CCN(CC)C(=O)C1=O)C(=O)NC1CN(S(=O)(=O)[O-])C1=O.[Na+]. The van der Waals surface area contributed by atoms with E-state index in [1.807, 2.05) is 0 Å².